The van der Waals surface area contributed by atoms with E-state index in [-0.39, 0.29) is 29.4 Å². The van der Waals surface area contributed by atoms with Crippen LogP contribution in [0.25, 0.3) is 0 Å². The number of carbonyl (C=O) groups excluding carboxylic acids is 2. The Bertz CT molecular complexity index is 653. The number of rotatable bonds is 5. The predicted molar refractivity (Wildman–Crippen MR) is 98.3 cm³/mol. The Labute approximate surface area is 150 Å². The predicted octanol–water partition coefficient (Wildman–Crippen LogP) is 2.45. The standard InChI is InChI=1S/C19H31N3O3/c1-11-8-22(9-12(2)25-11)19(6,7)10-20-18(24)17-13(3)16(15(5)23)14(4)21-17/h11-12,21H,8-10H2,1-7H3,(H,20,24)/t11-,12+. The number of aryl methyl sites for hydroxylation is 1. The molecule has 140 valence electrons. The first-order chi connectivity index (χ1) is 11.5. The maximum Gasteiger partial charge on any atom is 0.268 e. The van der Waals surface area contributed by atoms with Crippen LogP contribution in [0.4, 0.5) is 0 Å². The summed E-state index contributed by atoms with van der Waals surface area (Å²) >= 11 is 0. The zero-order valence-electron chi connectivity index (χ0n) is 16.4. The molecular formula is C19H31N3O3. The van der Waals surface area contributed by atoms with Crippen molar-refractivity contribution < 1.29 is 14.3 Å². The zero-order valence-corrected chi connectivity index (χ0v) is 16.4. The Morgan fingerprint density at radius 2 is 1.80 bits per heavy atom. The molecule has 1 aliphatic heterocycles. The molecule has 1 amide bonds. The van der Waals surface area contributed by atoms with Crippen LogP contribution < -0.4 is 5.32 Å². The van der Waals surface area contributed by atoms with Gasteiger partial charge in [-0.1, -0.05) is 0 Å². The number of ketones is 1. The molecule has 0 radical (unpaired) electrons. The van der Waals surface area contributed by atoms with Crippen LogP contribution >= 0.6 is 0 Å². The first-order valence-corrected chi connectivity index (χ1v) is 8.91. The summed E-state index contributed by atoms with van der Waals surface area (Å²) in [7, 11) is 0. The summed E-state index contributed by atoms with van der Waals surface area (Å²) in [5.41, 5.74) is 2.36. The number of Topliss-reactive ketones (excluding diaryl/α,β-unsaturated/α-hetero) is 1. The van der Waals surface area contributed by atoms with Crippen LogP contribution in [0, 0.1) is 13.8 Å². The van der Waals surface area contributed by atoms with Gasteiger partial charge in [-0.2, -0.15) is 0 Å². The van der Waals surface area contributed by atoms with Crippen molar-refractivity contribution in [3.63, 3.8) is 0 Å². The highest BCUT2D eigenvalue weighted by atomic mass is 16.5. The number of morpholine rings is 1. The fourth-order valence-corrected chi connectivity index (χ4v) is 3.67. The molecule has 2 atom stereocenters. The van der Waals surface area contributed by atoms with Crippen LogP contribution in [0.1, 0.15) is 66.7 Å². The second-order valence-electron chi connectivity index (χ2n) is 7.84. The highest BCUT2D eigenvalue weighted by molar-refractivity contribution is 6.02. The number of ether oxygens (including phenoxy) is 1. The van der Waals surface area contributed by atoms with E-state index >= 15 is 0 Å². The van der Waals surface area contributed by atoms with Gasteiger partial charge >= 0.3 is 0 Å². The molecule has 0 saturated carbocycles. The molecule has 6 heteroatoms. The van der Waals surface area contributed by atoms with E-state index in [1.807, 2.05) is 13.8 Å². The monoisotopic (exact) mass is 349 g/mol. The Morgan fingerprint density at radius 3 is 2.28 bits per heavy atom. The Kier molecular flexibility index (Phi) is 5.74. The van der Waals surface area contributed by atoms with Crippen molar-refractivity contribution in [2.24, 2.45) is 0 Å². The van der Waals surface area contributed by atoms with E-state index < -0.39 is 0 Å². The molecule has 1 aliphatic rings. The van der Waals surface area contributed by atoms with Gasteiger partial charge in [-0.25, -0.2) is 0 Å². The average molecular weight is 349 g/mol. The Morgan fingerprint density at radius 1 is 1.24 bits per heavy atom. The number of nitrogens with one attached hydrogen (secondary N) is 2. The van der Waals surface area contributed by atoms with E-state index in [0.29, 0.717) is 23.4 Å². The lowest BCUT2D eigenvalue weighted by Crippen LogP contribution is -2.58. The molecule has 1 aromatic heterocycles. The van der Waals surface area contributed by atoms with Gasteiger partial charge in [0.25, 0.3) is 5.91 Å². The molecule has 1 saturated heterocycles. The van der Waals surface area contributed by atoms with Gasteiger partial charge in [0.05, 0.1) is 12.2 Å². The third-order valence-electron chi connectivity index (χ3n) is 4.97. The van der Waals surface area contributed by atoms with Crippen molar-refractivity contribution in [2.45, 2.75) is 66.2 Å². The maximum absolute atomic E-state index is 12.6. The number of hydrogen-bond acceptors (Lipinski definition) is 4. The maximum atomic E-state index is 12.6. The summed E-state index contributed by atoms with van der Waals surface area (Å²) in [6.45, 7) is 15.8. The molecule has 2 N–H and O–H groups in total. The normalized spacial score (nSPS) is 22.0. The van der Waals surface area contributed by atoms with E-state index in [4.69, 9.17) is 4.74 Å². The van der Waals surface area contributed by atoms with E-state index in [1.165, 1.54) is 6.92 Å². The van der Waals surface area contributed by atoms with Gasteiger partial charge in [-0.05, 0) is 54.0 Å². The summed E-state index contributed by atoms with van der Waals surface area (Å²) in [4.78, 5) is 29.8. The van der Waals surface area contributed by atoms with Gasteiger partial charge in [0.1, 0.15) is 5.69 Å². The Balaban J connectivity index is 2.06. The molecule has 1 fully saturated rings. The number of aromatic amines is 1. The quantitative estimate of drug-likeness (QED) is 0.801. The van der Waals surface area contributed by atoms with Gasteiger partial charge in [-0.15, -0.1) is 0 Å². The van der Waals surface area contributed by atoms with Gasteiger partial charge < -0.3 is 15.0 Å². The summed E-state index contributed by atoms with van der Waals surface area (Å²) in [5.74, 6) is -0.197. The summed E-state index contributed by atoms with van der Waals surface area (Å²) < 4.78 is 5.79. The number of amides is 1. The third kappa shape index (κ3) is 4.30. The Hall–Kier alpha value is -1.66. The van der Waals surface area contributed by atoms with Gasteiger partial charge in [-0.3, -0.25) is 14.5 Å². The highest BCUT2D eigenvalue weighted by Gasteiger charge is 2.33. The topological polar surface area (TPSA) is 74.4 Å². The average Bonchev–Trinajstić information content (AvgIpc) is 2.79. The third-order valence-corrected chi connectivity index (χ3v) is 4.97. The number of H-pyrrole nitrogens is 1. The van der Waals surface area contributed by atoms with Crippen molar-refractivity contribution in [1.29, 1.82) is 0 Å². The number of nitrogens with zero attached hydrogens (tertiary/aromatic N) is 1. The lowest BCUT2D eigenvalue weighted by Gasteiger charge is -2.45. The van der Waals surface area contributed by atoms with E-state index in [1.54, 1.807) is 0 Å². The second-order valence-corrected chi connectivity index (χ2v) is 7.84. The summed E-state index contributed by atoms with van der Waals surface area (Å²) in [6, 6.07) is 0. The molecular weight excluding hydrogens is 318 g/mol. The van der Waals surface area contributed by atoms with Crippen molar-refractivity contribution in [3.05, 3.63) is 22.5 Å². The minimum absolute atomic E-state index is 0.0260. The molecule has 2 heterocycles. The molecule has 1 aromatic rings. The van der Waals surface area contributed by atoms with E-state index in [9.17, 15) is 9.59 Å². The molecule has 0 spiro atoms. The van der Waals surface area contributed by atoms with Crippen LogP contribution in [0.3, 0.4) is 0 Å². The minimum atomic E-state index is -0.180. The smallest absolute Gasteiger partial charge is 0.268 e. The van der Waals surface area contributed by atoms with Gasteiger partial charge in [0, 0.05) is 36.4 Å². The number of carbonyl (C=O) groups is 2. The van der Waals surface area contributed by atoms with Crippen molar-refractivity contribution in [3.8, 4) is 0 Å². The molecule has 2 rings (SSSR count). The summed E-state index contributed by atoms with van der Waals surface area (Å²) in [6.07, 6.45) is 0.371. The molecule has 0 aromatic carbocycles. The van der Waals surface area contributed by atoms with E-state index in [0.717, 1.165) is 18.8 Å². The van der Waals surface area contributed by atoms with Crippen molar-refractivity contribution in [1.82, 2.24) is 15.2 Å². The molecule has 0 aliphatic carbocycles. The zero-order chi connectivity index (χ0) is 18.9. The number of hydrogen-bond donors (Lipinski definition) is 2. The summed E-state index contributed by atoms with van der Waals surface area (Å²) in [5, 5.41) is 3.02. The molecule has 6 nitrogen and oxygen atoms in total. The van der Waals surface area contributed by atoms with Crippen LogP contribution in [-0.4, -0.2) is 59.0 Å². The minimum Gasteiger partial charge on any atom is -0.373 e. The van der Waals surface area contributed by atoms with E-state index in [2.05, 4.69) is 42.9 Å². The van der Waals surface area contributed by atoms with Crippen LogP contribution in [0.15, 0.2) is 0 Å². The second kappa shape index (κ2) is 7.30. The molecule has 0 bridgehead atoms. The SMILES string of the molecule is CC(=O)c1c(C)[nH]c(C(=O)NCC(C)(C)N2C[C@@H](C)O[C@@H](C)C2)c1C. The van der Waals surface area contributed by atoms with Crippen molar-refractivity contribution >= 4 is 11.7 Å². The fourth-order valence-electron chi connectivity index (χ4n) is 3.67. The molecule has 0 unspecified atom stereocenters. The largest absolute Gasteiger partial charge is 0.373 e. The van der Waals surface area contributed by atoms with Gasteiger partial charge in [0.15, 0.2) is 5.78 Å². The lowest BCUT2D eigenvalue weighted by atomic mass is 10.00. The fraction of sp³-hybridized carbons (Fsp3) is 0.684. The first-order valence-electron chi connectivity index (χ1n) is 8.91. The van der Waals surface area contributed by atoms with Crippen LogP contribution in [0.2, 0.25) is 0 Å². The first kappa shape index (κ1) is 19.7. The highest BCUT2D eigenvalue weighted by Crippen LogP contribution is 2.22. The van der Waals surface area contributed by atoms with Crippen molar-refractivity contribution in [2.75, 3.05) is 19.6 Å². The molecule has 25 heavy (non-hydrogen) atoms. The number of aromatic nitrogens is 1. The van der Waals surface area contributed by atoms with Crippen LogP contribution in [-0.2, 0) is 4.74 Å². The van der Waals surface area contributed by atoms with Crippen LogP contribution in [0.5, 0.6) is 0 Å². The van der Waals surface area contributed by atoms with Gasteiger partial charge in [0.2, 0.25) is 0 Å². The lowest BCUT2D eigenvalue weighted by molar-refractivity contribution is -0.0948.